The van der Waals surface area contributed by atoms with E-state index < -0.39 is 7.60 Å². The Bertz CT molecular complexity index is 1160. The molecule has 0 aliphatic carbocycles. The Hall–Kier alpha value is -2.27. The fourth-order valence-electron chi connectivity index (χ4n) is 3.40. The van der Waals surface area contributed by atoms with Gasteiger partial charge < -0.3 is 9.05 Å². The largest absolute Gasteiger partial charge is 0.397 e. The van der Waals surface area contributed by atoms with Gasteiger partial charge in [0.25, 0.3) is 0 Å². The average molecular weight is 456 g/mol. The summed E-state index contributed by atoms with van der Waals surface area (Å²) in [5.41, 5.74) is 2.37. The number of benzene rings is 2. The Morgan fingerprint density at radius 3 is 2.06 bits per heavy atom. The minimum atomic E-state index is -3.76. The summed E-state index contributed by atoms with van der Waals surface area (Å²) < 4.78 is 28.0. The van der Waals surface area contributed by atoms with Crippen molar-refractivity contribution in [3.05, 3.63) is 65.6 Å². The van der Waals surface area contributed by atoms with E-state index >= 15 is 0 Å². The third-order valence-corrected chi connectivity index (χ3v) is 6.66. The predicted molar refractivity (Wildman–Crippen MR) is 130 cm³/mol. The van der Waals surface area contributed by atoms with Gasteiger partial charge in [0, 0.05) is 5.39 Å². The lowest BCUT2D eigenvalue weighted by Gasteiger charge is -2.26. The molecule has 6 nitrogen and oxygen atoms in total. The van der Waals surface area contributed by atoms with Crippen molar-refractivity contribution in [3.63, 3.8) is 0 Å². The van der Waals surface area contributed by atoms with Crippen LogP contribution in [0.4, 0.5) is 0 Å². The second-order valence-corrected chi connectivity index (χ2v) is 11.2. The molecule has 0 N–H and O–H groups in total. The molecule has 3 rings (SSSR count). The SMILES string of the molecule is CC(C)OP(=O)(OC(C)C)c1nc2ccccc2c(=NC(C)(C)C)n1Cc1ccccc1. The van der Waals surface area contributed by atoms with Gasteiger partial charge in [-0.2, -0.15) is 0 Å². The molecule has 0 atom stereocenters. The summed E-state index contributed by atoms with van der Waals surface area (Å²) >= 11 is 0. The lowest BCUT2D eigenvalue weighted by molar-refractivity contribution is 0.148. The van der Waals surface area contributed by atoms with Crippen molar-refractivity contribution < 1.29 is 13.6 Å². The van der Waals surface area contributed by atoms with E-state index in [4.69, 9.17) is 19.0 Å². The molecule has 0 saturated heterocycles. The van der Waals surface area contributed by atoms with E-state index in [0.717, 1.165) is 10.9 Å². The fourth-order valence-corrected chi connectivity index (χ4v) is 5.44. The first-order valence-electron chi connectivity index (χ1n) is 11.1. The first-order chi connectivity index (χ1) is 15.0. The van der Waals surface area contributed by atoms with Crippen LogP contribution in [0.1, 0.15) is 54.0 Å². The predicted octanol–water partition coefficient (Wildman–Crippen LogP) is 5.45. The average Bonchev–Trinajstić information content (AvgIpc) is 2.68. The van der Waals surface area contributed by atoms with Gasteiger partial charge in [-0.05, 0) is 66.2 Å². The molecule has 0 amide bonds. The zero-order valence-corrected chi connectivity index (χ0v) is 21.0. The van der Waals surface area contributed by atoms with Crippen LogP contribution in [0.5, 0.6) is 0 Å². The summed E-state index contributed by atoms with van der Waals surface area (Å²) in [4.78, 5) is 9.87. The Balaban J connectivity index is 2.44. The lowest BCUT2D eigenvalue weighted by atomic mass is 10.1. The highest BCUT2D eigenvalue weighted by Crippen LogP contribution is 2.48. The maximum atomic E-state index is 14.2. The smallest absolute Gasteiger partial charge is 0.300 e. The first kappa shape index (κ1) is 24.4. The third kappa shape index (κ3) is 5.94. The molecular formula is C25H34N3O3P. The van der Waals surface area contributed by atoms with Crippen LogP contribution in [0.15, 0.2) is 59.6 Å². The highest BCUT2D eigenvalue weighted by Gasteiger charge is 2.36. The first-order valence-corrected chi connectivity index (χ1v) is 12.6. The molecule has 2 aromatic carbocycles. The van der Waals surface area contributed by atoms with Gasteiger partial charge in [0.2, 0.25) is 5.57 Å². The Morgan fingerprint density at radius 2 is 1.50 bits per heavy atom. The van der Waals surface area contributed by atoms with E-state index in [1.54, 1.807) is 0 Å². The lowest BCUT2D eigenvalue weighted by Crippen LogP contribution is -2.39. The molecule has 3 aromatic rings. The monoisotopic (exact) mass is 455 g/mol. The Kier molecular flexibility index (Phi) is 7.39. The summed E-state index contributed by atoms with van der Waals surface area (Å²) in [6.07, 6.45) is -0.609. The standard InChI is InChI=1S/C25H34N3O3P/c1-18(2)30-32(29,31-19(3)4)24-26-22-16-12-11-15-21(22)23(27-25(5,6)7)28(24)17-20-13-9-8-10-14-20/h8-16,18-19H,17H2,1-7H3. The Labute approximate surface area is 190 Å². The molecule has 0 aliphatic heterocycles. The highest BCUT2D eigenvalue weighted by molar-refractivity contribution is 7.61. The van der Waals surface area contributed by atoms with Crippen molar-refractivity contribution in [2.75, 3.05) is 0 Å². The van der Waals surface area contributed by atoms with Gasteiger partial charge in [0.05, 0.1) is 29.8 Å². The van der Waals surface area contributed by atoms with Crippen LogP contribution in [0.3, 0.4) is 0 Å². The summed E-state index contributed by atoms with van der Waals surface area (Å²) in [5.74, 6) is 0. The topological polar surface area (TPSA) is 65.7 Å². The summed E-state index contributed by atoms with van der Waals surface area (Å²) in [6.45, 7) is 14.0. The van der Waals surface area contributed by atoms with Gasteiger partial charge in [0.1, 0.15) is 5.49 Å². The van der Waals surface area contributed by atoms with Crippen molar-refractivity contribution in [1.82, 2.24) is 9.55 Å². The molecule has 7 heteroatoms. The van der Waals surface area contributed by atoms with Crippen molar-refractivity contribution in [2.45, 2.75) is 72.8 Å². The second kappa shape index (κ2) is 9.70. The molecule has 0 aliphatic rings. The minimum Gasteiger partial charge on any atom is -0.300 e. The van der Waals surface area contributed by atoms with Gasteiger partial charge in [-0.15, -0.1) is 0 Å². The van der Waals surface area contributed by atoms with E-state index in [0.29, 0.717) is 17.5 Å². The molecule has 1 heterocycles. The molecule has 1 aromatic heterocycles. The van der Waals surface area contributed by atoms with E-state index in [1.165, 1.54) is 0 Å². The van der Waals surface area contributed by atoms with Gasteiger partial charge in [-0.1, -0.05) is 42.5 Å². The van der Waals surface area contributed by atoms with Crippen LogP contribution >= 0.6 is 7.60 Å². The number of rotatable bonds is 7. The van der Waals surface area contributed by atoms with Gasteiger partial charge in [0.15, 0.2) is 0 Å². The van der Waals surface area contributed by atoms with Crippen molar-refractivity contribution >= 4 is 24.1 Å². The zero-order chi connectivity index (χ0) is 23.5. The fraction of sp³-hybridized carbons (Fsp3) is 0.440. The molecule has 0 bridgehead atoms. The molecule has 0 fully saturated rings. The normalized spacial score (nSPS) is 13.5. The number of hydrogen-bond acceptors (Lipinski definition) is 5. The molecule has 0 unspecified atom stereocenters. The molecule has 0 radical (unpaired) electrons. The van der Waals surface area contributed by atoms with Crippen LogP contribution in [0.2, 0.25) is 0 Å². The van der Waals surface area contributed by atoms with Crippen molar-refractivity contribution in [2.24, 2.45) is 4.99 Å². The third-order valence-electron chi connectivity index (χ3n) is 4.43. The maximum Gasteiger partial charge on any atom is 0.397 e. The molecule has 172 valence electrons. The number of aromatic nitrogens is 2. The minimum absolute atomic E-state index is 0.269. The molecule has 0 spiro atoms. The highest BCUT2D eigenvalue weighted by atomic mass is 31.2. The van der Waals surface area contributed by atoms with Gasteiger partial charge >= 0.3 is 7.60 Å². The number of hydrogen-bond donors (Lipinski definition) is 0. The van der Waals surface area contributed by atoms with E-state index in [-0.39, 0.29) is 23.3 Å². The number of nitrogens with zero attached hydrogens (tertiary/aromatic N) is 3. The van der Waals surface area contributed by atoms with Crippen LogP contribution in [0.25, 0.3) is 10.9 Å². The van der Waals surface area contributed by atoms with Gasteiger partial charge in [-0.3, -0.25) is 14.1 Å². The number of para-hydroxylation sites is 1. The second-order valence-electron chi connectivity index (χ2n) is 9.41. The van der Waals surface area contributed by atoms with E-state index in [2.05, 4.69) is 0 Å². The van der Waals surface area contributed by atoms with Crippen LogP contribution in [-0.4, -0.2) is 27.3 Å². The molecule has 0 saturated carbocycles. The summed E-state index contributed by atoms with van der Waals surface area (Å²) in [6, 6.07) is 17.8. The van der Waals surface area contributed by atoms with E-state index in [9.17, 15) is 4.57 Å². The zero-order valence-electron chi connectivity index (χ0n) is 20.1. The molecular weight excluding hydrogens is 421 g/mol. The van der Waals surface area contributed by atoms with Gasteiger partial charge in [-0.25, -0.2) is 4.98 Å². The number of fused-ring (bicyclic) bond motifs is 1. The summed E-state index contributed by atoms with van der Waals surface area (Å²) in [7, 11) is -3.76. The van der Waals surface area contributed by atoms with Crippen LogP contribution in [-0.2, 0) is 20.2 Å². The van der Waals surface area contributed by atoms with Crippen LogP contribution in [0, 0.1) is 0 Å². The summed E-state index contributed by atoms with van der Waals surface area (Å²) in [5, 5.41) is 0.891. The van der Waals surface area contributed by atoms with Crippen molar-refractivity contribution in [1.29, 1.82) is 0 Å². The van der Waals surface area contributed by atoms with Crippen molar-refractivity contribution in [3.8, 4) is 0 Å². The quantitative estimate of drug-likeness (QED) is 0.444. The van der Waals surface area contributed by atoms with Crippen LogP contribution < -0.4 is 11.1 Å². The maximum absolute atomic E-state index is 14.2. The molecule has 32 heavy (non-hydrogen) atoms. The van der Waals surface area contributed by atoms with E-state index in [1.807, 2.05) is 108 Å². The Morgan fingerprint density at radius 1 is 0.938 bits per heavy atom.